The van der Waals surface area contributed by atoms with E-state index in [4.69, 9.17) is 4.98 Å². The third-order valence-corrected chi connectivity index (χ3v) is 9.46. The Balaban J connectivity index is 1.23. The van der Waals surface area contributed by atoms with Crippen molar-refractivity contribution in [2.45, 2.75) is 32.9 Å². The molecule has 1 atom stereocenters. The summed E-state index contributed by atoms with van der Waals surface area (Å²) in [6.07, 6.45) is 0.795. The first-order valence-electron chi connectivity index (χ1n) is 14.3. The van der Waals surface area contributed by atoms with Crippen LogP contribution in [0.1, 0.15) is 34.1 Å². The van der Waals surface area contributed by atoms with E-state index in [-0.39, 0.29) is 11.6 Å². The van der Waals surface area contributed by atoms with Gasteiger partial charge in [-0.15, -0.1) is 5.10 Å². The quantitative estimate of drug-likeness (QED) is 0.289. The van der Waals surface area contributed by atoms with Crippen molar-refractivity contribution in [1.82, 2.24) is 35.1 Å². The second-order valence-electron chi connectivity index (χ2n) is 10.9. The number of benzene rings is 3. The first-order chi connectivity index (χ1) is 20.5. The van der Waals surface area contributed by atoms with Crippen LogP contribution < -0.4 is 10.5 Å². The van der Waals surface area contributed by atoms with E-state index >= 15 is 0 Å². The van der Waals surface area contributed by atoms with Crippen molar-refractivity contribution >= 4 is 37.6 Å². The van der Waals surface area contributed by atoms with E-state index in [1.165, 1.54) is 10.3 Å². The molecule has 212 valence electrons. The average Bonchev–Trinajstić information content (AvgIpc) is 3.67. The molecule has 0 spiro atoms. The zero-order valence-corrected chi connectivity index (χ0v) is 24.5. The number of H-pyrrole nitrogens is 1. The second kappa shape index (κ2) is 11.1. The van der Waals surface area contributed by atoms with Gasteiger partial charge in [0.25, 0.3) is 5.56 Å². The molecule has 0 bridgehead atoms. The van der Waals surface area contributed by atoms with Crippen LogP contribution in [0.2, 0.25) is 0 Å². The van der Waals surface area contributed by atoms with Gasteiger partial charge in [0, 0.05) is 38.3 Å². The molecule has 3 aromatic heterocycles. The Morgan fingerprint density at radius 3 is 2.55 bits per heavy atom. The smallest absolute Gasteiger partial charge is 0.253 e. The molecule has 1 unspecified atom stereocenters. The molecule has 0 saturated carbocycles. The molecular formula is C32H32N8OS. The summed E-state index contributed by atoms with van der Waals surface area (Å²) in [5.74, 6) is 0.688. The number of nitrogens with one attached hydrogen (secondary N) is 1. The average molecular weight is 577 g/mol. The fourth-order valence-corrected chi connectivity index (χ4v) is 6.87. The molecule has 0 aliphatic carbocycles. The van der Waals surface area contributed by atoms with Gasteiger partial charge in [0.05, 0.1) is 15.7 Å². The van der Waals surface area contributed by atoms with E-state index in [9.17, 15) is 4.79 Å². The molecule has 10 heteroatoms. The lowest BCUT2D eigenvalue weighted by Crippen LogP contribution is -2.49. The zero-order chi connectivity index (χ0) is 28.6. The highest BCUT2D eigenvalue weighted by molar-refractivity contribution is 7.22. The number of thiazole rings is 1. The Morgan fingerprint density at radius 1 is 0.952 bits per heavy atom. The Labute approximate surface area is 247 Å². The highest BCUT2D eigenvalue weighted by Crippen LogP contribution is 2.32. The molecule has 1 aliphatic rings. The predicted octanol–water partition coefficient (Wildman–Crippen LogP) is 4.90. The number of tetrazole rings is 1. The van der Waals surface area contributed by atoms with Gasteiger partial charge in [0.2, 0.25) is 0 Å². The van der Waals surface area contributed by atoms with Crippen molar-refractivity contribution in [2.24, 2.45) is 0 Å². The maximum atomic E-state index is 13.8. The normalized spacial score (nSPS) is 15.0. The molecule has 4 heterocycles. The summed E-state index contributed by atoms with van der Waals surface area (Å²) in [6.45, 7) is 7.83. The van der Waals surface area contributed by atoms with Crippen LogP contribution in [0.25, 0.3) is 21.1 Å². The molecule has 9 nitrogen and oxygen atoms in total. The molecule has 1 saturated heterocycles. The lowest BCUT2D eigenvalue weighted by molar-refractivity contribution is 0.199. The molecule has 42 heavy (non-hydrogen) atoms. The zero-order valence-electron chi connectivity index (χ0n) is 23.7. The summed E-state index contributed by atoms with van der Waals surface area (Å²) < 4.78 is 3.06. The first-order valence-corrected chi connectivity index (χ1v) is 15.1. The van der Waals surface area contributed by atoms with Crippen molar-refractivity contribution in [3.63, 3.8) is 0 Å². The Hall–Kier alpha value is -4.41. The summed E-state index contributed by atoms with van der Waals surface area (Å²) in [7, 11) is 0. The SMILES string of the molecule is Cc1ccc2cc(C(c3nnnn3CCc3ccccc3)N3CCN(c4nc5ccccc5s4)CC3)c(=O)[nH]c2c1C. The van der Waals surface area contributed by atoms with Gasteiger partial charge in [-0.2, -0.15) is 0 Å². The fourth-order valence-electron chi connectivity index (χ4n) is 5.86. The lowest BCUT2D eigenvalue weighted by Gasteiger charge is -2.38. The predicted molar refractivity (Wildman–Crippen MR) is 167 cm³/mol. The number of para-hydroxylation sites is 1. The number of hydrogen-bond acceptors (Lipinski definition) is 8. The van der Waals surface area contributed by atoms with Gasteiger partial charge in [-0.05, 0) is 71.0 Å². The van der Waals surface area contributed by atoms with Crippen LogP contribution in [0.15, 0.2) is 77.6 Å². The third-order valence-electron chi connectivity index (χ3n) is 8.37. The van der Waals surface area contributed by atoms with E-state index in [1.54, 1.807) is 11.3 Å². The Morgan fingerprint density at radius 2 is 1.74 bits per heavy atom. The number of piperazine rings is 1. The molecule has 0 amide bonds. The summed E-state index contributed by atoms with van der Waals surface area (Å²) in [5.41, 5.74) is 5.93. The van der Waals surface area contributed by atoms with Gasteiger partial charge >= 0.3 is 0 Å². The summed E-state index contributed by atoms with van der Waals surface area (Å²) >= 11 is 1.73. The van der Waals surface area contributed by atoms with Crippen LogP contribution in [-0.4, -0.2) is 61.3 Å². The number of anilines is 1. The number of pyridine rings is 1. The van der Waals surface area contributed by atoms with Gasteiger partial charge < -0.3 is 9.88 Å². The molecule has 6 aromatic rings. The summed E-state index contributed by atoms with van der Waals surface area (Å²) in [5, 5.41) is 15.0. The number of aryl methyl sites for hydroxylation is 4. The largest absolute Gasteiger partial charge is 0.345 e. The van der Waals surface area contributed by atoms with Crippen LogP contribution in [0.5, 0.6) is 0 Å². The van der Waals surface area contributed by atoms with Gasteiger partial charge in [0.15, 0.2) is 11.0 Å². The van der Waals surface area contributed by atoms with Crippen LogP contribution >= 0.6 is 11.3 Å². The number of rotatable bonds is 7. The van der Waals surface area contributed by atoms with Crippen LogP contribution in [0.4, 0.5) is 5.13 Å². The van der Waals surface area contributed by atoms with Gasteiger partial charge in [-0.1, -0.05) is 65.9 Å². The highest BCUT2D eigenvalue weighted by Gasteiger charge is 2.33. The highest BCUT2D eigenvalue weighted by atomic mass is 32.1. The van der Waals surface area contributed by atoms with Crippen molar-refractivity contribution in [3.05, 3.63) is 111 Å². The minimum absolute atomic E-state index is 0.104. The second-order valence-corrected chi connectivity index (χ2v) is 11.9. The Bertz CT molecular complexity index is 1890. The van der Waals surface area contributed by atoms with Crippen molar-refractivity contribution < 1.29 is 0 Å². The number of nitrogens with zero attached hydrogens (tertiary/aromatic N) is 7. The van der Waals surface area contributed by atoms with E-state index in [0.717, 1.165) is 65.3 Å². The molecule has 1 N–H and O–H groups in total. The standard InChI is InChI=1S/C32H32N8OS/c1-21-12-13-24-20-25(31(41)34-28(24)22(21)2)29(30-35-36-37-40(30)15-14-23-8-4-3-5-9-23)38-16-18-39(19-17-38)32-33-26-10-6-7-11-27(26)42-32/h3-13,20,29H,14-19H2,1-2H3,(H,34,41). The van der Waals surface area contributed by atoms with Gasteiger partial charge in [0.1, 0.15) is 6.04 Å². The Kier molecular flexibility index (Phi) is 7.01. The molecule has 1 aliphatic heterocycles. The minimum atomic E-state index is -0.386. The lowest BCUT2D eigenvalue weighted by atomic mass is 9.99. The van der Waals surface area contributed by atoms with Crippen LogP contribution in [0.3, 0.4) is 0 Å². The number of hydrogen-bond donors (Lipinski definition) is 1. The van der Waals surface area contributed by atoms with Crippen LogP contribution in [0, 0.1) is 13.8 Å². The number of fused-ring (bicyclic) bond motifs is 2. The van der Waals surface area contributed by atoms with E-state index in [2.05, 4.69) is 86.6 Å². The third kappa shape index (κ3) is 4.97. The van der Waals surface area contributed by atoms with Crippen molar-refractivity contribution in [2.75, 3.05) is 31.1 Å². The monoisotopic (exact) mass is 576 g/mol. The van der Waals surface area contributed by atoms with E-state index < -0.39 is 0 Å². The summed E-state index contributed by atoms with van der Waals surface area (Å²) in [4.78, 5) is 26.5. The number of aromatic nitrogens is 6. The summed E-state index contributed by atoms with van der Waals surface area (Å²) in [6, 6.07) is 24.4. The molecule has 1 fully saturated rings. The minimum Gasteiger partial charge on any atom is -0.345 e. The van der Waals surface area contributed by atoms with Crippen LogP contribution in [-0.2, 0) is 13.0 Å². The first kappa shape index (κ1) is 26.5. The van der Waals surface area contributed by atoms with Crippen molar-refractivity contribution in [3.8, 4) is 0 Å². The molecular weight excluding hydrogens is 544 g/mol. The van der Waals surface area contributed by atoms with E-state index in [1.807, 2.05) is 35.0 Å². The van der Waals surface area contributed by atoms with Gasteiger partial charge in [-0.25, -0.2) is 9.67 Å². The van der Waals surface area contributed by atoms with E-state index in [0.29, 0.717) is 17.9 Å². The fraction of sp³-hybridized carbons (Fsp3) is 0.281. The number of aromatic amines is 1. The molecule has 7 rings (SSSR count). The van der Waals surface area contributed by atoms with Gasteiger partial charge in [-0.3, -0.25) is 9.69 Å². The molecule has 0 radical (unpaired) electrons. The maximum Gasteiger partial charge on any atom is 0.253 e. The maximum absolute atomic E-state index is 13.8. The topological polar surface area (TPSA) is 95.8 Å². The van der Waals surface area contributed by atoms with Crippen molar-refractivity contribution in [1.29, 1.82) is 0 Å². The molecule has 3 aromatic carbocycles.